The summed E-state index contributed by atoms with van der Waals surface area (Å²) in [7, 11) is 0. The largest absolute Gasteiger partial charge is 0.396 e. The van der Waals surface area contributed by atoms with E-state index in [1.807, 2.05) is 20.8 Å². The van der Waals surface area contributed by atoms with Crippen molar-refractivity contribution in [1.29, 1.82) is 0 Å². The molecule has 1 atom stereocenters. The molecule has 0 aliphatic heterocycles. The van der Waals surface area contributed by atoms with Crippen LogP contribution < -0.4 is 11.1 Å². The van der Waals surface area contributed by atoms with Gasteiger partial charge in [-0.25, -0.2) is 9.97 Å². The van der Waals surface area contributed by atoms with Gasteiger partial charge in [0.15, 0.2) is 11.5 Å². The Hall–Kier alpha value is -1.69. The van der Waals surface area contributed by atoms with Crippen LogP contribution in [0.2, 0.25) is 0 Å². The Balaban J connectivity index is 2.82. The van der Waals surface area contributed by atoms with Crippen LogP contribution in [0.3, 0.4) is 0 Å². The molecule has 0 bridgehead atoms. The molecule has 1 heterocycles. The Kier molecular flexibility index (Phi) is 4.61. The zero-order valence-electron chi connectivity index (χ0n) is 11.0. The number of nitrogens with one attached hydrogen (secondary N) is 1. The molecule has 1 unspecified atom stereocenters. The van der Waals surface area contributed by atoms with Gasteiger partial charge in [0.25, 0.3) is 5.91 Å². The lowest BCUT2D eigenvalue weighted by Gasteiger charge is -2.31. The van der Waals surface area contributed by atoms with Crippen molar-refractivity contribution in [3.05, 3.63) is 18.1 Å². The molecule has 100 valence electrons. The van der Waals surface area contributed by atoms with Crippen LogP contribution in [0.25, 0.3) is 0 Å². The minimum atomic E-state index is -0.367. The average molecular weight is 252 g/mol. The number of aromatic nitrogens is 2. The maximum atomic E-state index is 12.0. The molecule has 0 spiro atoms. The van der Waals surface area contributed by atoms with Gasteiger partial charge in [0.1, 0.15) is 0 Å². The van der Waals surface area contributed by atoms with Crippen molar-refractivity contribution in [3.8, 4) is 0 Å². The minimum absolute atomic E-state index is 0.0121. The molecule has 0 aliphatic carbocycles. The molecule has 0 aliphatic rings. The van der Waals surface area contributed by atoms with Gasteiger partial charge in [0.05, 0.1) is 0 Å². The zero-order valence-corrected chi connectivity index (χ0v) is 11.0. The van der Waals surface area contributed by atoms with Crippen LogP contribution in [0.5, 0.6) is 0 Å². The van der Waals surface area contributed by atoms with Gasteiger partial charge < -0.3 is 16.2 Å². The van der Waals surface area contributed by atoms with Crippen LogP contribution in [0.1, 0.15) is 37.7 Å². The Labute approximate surface area is 107 Å². The summed E-state index contributed by atoms with van der Waals surface area (Å²) in [5.41, 5.74) is 5.55. The second kappa shape index (κ2) is 5.77. The second-order valence-electron chi connectivity index (χ2n) is 5.19. The van der Waals surface area contributed by atoms with Crippen LogP contribution in [0.4, 0.5) is 5.82 Å². The molecule has 0 fully saturated rings. The first-order valence-electron chi connectivity index (χ1n) is 5.84. The van der Waals surface area contributed by atoms with Crippen LogP contribution in [0.15, 0.2) is 12.4 Å². The fraction of sp³-hybridized carbons (Fsp3) is 0.583. The molecule has 6 nitrogen and oxygen atoms in total. The zero-order chi connectivity index (χ0) is 13.8. The number of nitrogens with zero attached hydrogens (tertiary/aromatic N) is 2. The Morgan fingerprint density at radius 2 is 2.06 bits per heavy atom. The van der Waals surface area contributed by atoms with Crippen molar-refractivity contribution in [2.75, 3.05) is 12.3 Å². The summed E-state index contributed by atoms with van der Waals surface area (Å²) in [4.78, 5) is 19.8. The van der Waals surface area contributed by atoms with E-state index in [9.17, 15) is 4.79 Å². The van der Waals surface area contributed by atoms with Gasteiger partial charge in [-0.15, -0.1) is 0 Å². The molecule has 6 heteroatoms. The lowest BCUT2D eigenvalue weighted by molar-refractivity contribution is 0.0881. The van der Waals surface area contributed by atoms with E-state index >= 15 is 0 Å². The number of rotatable bonds is 4. The maximum absolute atomic E-state index is 12.0. The topological polar surface area (TPSA) is 101 Å². The first-order chi connectivity index (χ1) is 8.36. The smallest absolute Gasteiger partial charge is 0.273 e. The Morgan fingerprint density at radius 3 is 2.56 bits per heavy atom. The number of hydrogen-bond donors (Lipinski definition) is 3. The quantitative estimate of drug-likeness (QED) is 0.728. The van der Waals surface area contributed by atoms with Crippen molar-refractivity contribution in [3.63, 3.8) is 0 Å². The summed E-state index contributed by atoms with van der Waals surface area (Å²) in [5.74, 6) is -0.263. The number of hydrogen-bond acceptors (Lipinski definition) is 5. The molecular weight excluding hydrogens is 232 g/mol. The highest BCUT2D eigenvalue weighted by molar-refractivity contribution is 5.96. The fourth-order valence-corrected chi connectivity index (χ4v) is 1.60. The molecule has 0 radical (unpaired) electrons. The highest BCUT2D eigenvalue weighted by Gasteiger charge is 2.27. The maximum Gasteiger partial charge on any atom is 0.273 e. The highest BCUT2D eigenvalue weighted by Crippen LogP contribution is 2.22. The lowest BCUT2D eigenvalue weighted by Crippen LogP contribution is -2.44. The molecule has 0 saturated carbocycles. The van der Waals surface area contributed by atoms with Crippen molar-refractivity contribution >= 4 is 11.7 Å². The van der Waals surface area contributed by atoms with Gasteiger partial charge >= 0.3 is 0 Å². The summed E-state index contributed by atoms with van der Waals surface area (Å²) in [5, 5.41) is 11.9. The van der Waals surface area contributed by atoms with Crippen LogP contribution in [-0.4, -0.2) is 33.6 Å². The minimum Gasteiger partial charge on any atom is -0.396 e. The van der Waals surface area contributed by atoms with Gasteiger partial charge in [0, 0.05) is 25.0 Å². The van der Waals surface area contributed by atoms with E-state index in [1.165, 1.54) is 12.4 Å². The van der Waals surface area contributed by atoms with Crippen LogP contribution >= 0.6 is 0 Å². The fourth-order valence-electron chi connectivity index (χ4n) is 1.60. The lowest BCUT2D eigenvalue weighted by atomic mass is 9.85. The van der Waals surface area contributed by atoms with Crippen molar-refractivity contribution in [2.45, 2.75) is 33.2 Å². The Bertz CT molecular complexity index is 415. The number of amides is 1. The number of carbonyl (C=O) groups is 1. The van der Waals surface area contributed by atoms with Gasteiger partial charge in [0.2, 0.25) is 0 Å². The predicted molar refractivity (Wildman–Crippen MR) is 68.9 cm³/mol. The van der Waals surface area contributed by atoms with Gasteiger partial charge in [-0.3, -0.25) is 4.79 Å². The second-order valence-corrected chi connectivity index (χ2v) is 5.19. The van der Waals surface area contributed by atoms with Crippen LogP contribution in [0, 0.1) is 5.41 Å². The summed E-state index contributed by atoms with van der Waals surface area (Å²) in [6.45, 7) is 5.99. The van der Waals surface area contributed by atoms with E-state index in [2.05, 4.69) is 15.3 Å². The summed E-state index contributed by atoms with van der Waals surface area (Å²) in [6.07, 6.45) is 3.33. The average Bonchev–Trinajstić information content (AvgIpc) is 2.27. The molecule has 0 saturated heterocycles. The number of aliphatic hydroxyl groups is 1. The Morgan fingerprint density at radius 1 is 1.44 bits per heavy atom. The molecule has 1 aromatic rings. The van der Waals surface area contributed by atoms with Gasteiger partial charge in [-0.2, -0.15) is 0 Å². The third-order valence-corrected chi connectivity index (χ3v) is 2.71. The van der Waals surface area contributed by atoms with Gasteiger partial charge in [-0.05, 0) is 11.8 Å². The summed E-state index contributed by atoms with van der Waals surface area (Å²) in [6, 6.07) is -0.156. The molecule has 1 amide bonds. The monoisotopic (exact) mass is 252 g/mol. The first kappa shape index (κ1) is 14.4. The van der Waals surface area contributed by atoms with E-state index in [0.29, 0.717) is 6.42 Å². The third-order valence-electron chi connectivity index (χ3n) is 2.71. The van der Waals surface area contributed by atoms with Crippen molar-refractivity contribution in [1.82, 2.24) is 15.3 Å². The molecule has 4 N–H and O–H groups in total. The van der Waals surface area contributed by atoms with E-state index in [-0.39, 0.29) is 35.5 Å². The standard InChI is InChI=1S/C12H20N4O2/c1-12(2,3)8(4-7-17)16-11(18)9-10(13)15-6-5-14-9/h5-6,8,17H,4,7H2,1-3H3,(H2,13,15)(H,16,18). The first-order valence-corrected chi connectivity index (χ1v) is 5.84. The summed E-state index contributed by atoms with van der Waals surface area (Å²) < 4.78 is 0. The van der Waals surface area contributed by atoms with Crippen molar-refractivity contribution < 1.29 is 9.90 Å². The highest BCUT2D eigenvalue weighted by atomic mass is 16.3. The number of carbonyl (C=O) groups excluding carboxylic acids is 1. The number of aliphatic hydroxyl groups excluding tert-OH is 1. The number of anilines is 1. The molecule has 1 aromatic heterocycles. The summed E-state index contributed by atoms with van der Waals surface area (Å²) >= 11 is 0. The molecule has 18 heavy (non-hydrogen) atoms. The number of nitrogens with two attached hydrogens (primary N) is 1. The van der Waals surface area contributed by atoms with E-state index in [1.54, 1.807) is 0 Å². The van der Waals surface area contributed by atoms with E-state index in [0.717, 1.165) is 0 Å². The van der Waals surface area contributed by atoms with Gasteiger partial charge in [-0.1, -0.05) is 20.8 Å². The predicted octanol–water partition coefficient (Wildman–Crippen LogP) is 0.586. The van der Waals surface area contributed by atoms with E-state index in [4.69, 9.17) is 10.8 Å². The number of nitrogen functional groups attached to an aromatic ring is 1. The molecule has 0 aromatic carbocycles. The third kappa shape index (κ3) is 3.66. The van der Waals surface area contributed by atoms with Crippen molar-refractivity contribution in [2.24, 2.45) is 5.41 Å². The normalized spacial score (nSPS) is 13.1. The SMILES string of the molecule is CC(C)(C)C(CCO)NC(=O)c1nccnc1N. The molecular formula is C12H20N4O2. The molecule has 1 rings (SSSR count). The van der Waals surface area contributed by atoms with E-state index < -0.39 is 0 Å². The van der Waals surface area contributed by atoms with Crippen LogP contribution in [-0.2, 0) is 0 Å².